The number of carbonyl (C=O) groups excluding carboxylic acids is 2. The fourth-order valence-electron chi connectivity index (χ4n) is 3.05. The highest BCUT2D eigenvalue weighted by Gasteiger charge is 2.54. The Hall–Kier alpha value is -2.78. The molecule has 2 amide bonds. The number of hydrogen-bond acceptors (Lipinski definition) is 6. The van der Waals surface area contributed by atoms with Crippen LogP contribution < -0.4 is 11.1 Å². The number of nitrogens with zero attached hydrogens (tertiary/aromatic N) is 1. The van der Waals surface area contributed by atoms with Gasteiger partial charge in [0.25, 0.3) is 5.91 Å². The first-order valence-corrected chi connectivity index (χ1v) is 9.28. The fourth-order valence-corrected chi connectivity index (χ4v) is 4.37. The zero-order chi connectivity index (χ0) is 19.7. The first-order valence-electron chi connectivity index (χ1n) is 8.24. The number of aromatic hydroxyl groups is 1. The largest absolute Gasteiger partial charge is 0.508 e. The molecule has 142 valence electrons. The number of carbonyl (C=O) groups is 3. The van der Waals surface area contributed by atoms with Gasteiger partial charge in [-0.05, 0) is 30.2 Å². The second-order valence-electron chi connectivity index (χ2n) is 6.14. The average Bonchev–Trinajstić information content (AvgIpc) is 2.65. The number of carboxylic acids is 1. The summed E-state index contributed by atoms with van der Waals surface area (Å²) in [7, 11) is 0. The van der Waals surface area contributed by atoms with E-state index in [1.807, 2.05) is 0 Å². The molecule has 2 aliphatic rings. The standard InChI is InChI=1S/C18H19N3O5S/c1-2-3-10-8-27-17-13(16(24)21(17)14(10)18(25)26)20-15(23)12(19)9-4-6-11(22)7-5-9/h2-7,12-13,17,22H,8,19H2,1H3,(H,20,23)(H,25,26)/b3-2-/t12-,13?,17?/m1/s1. The van der Waals surface area contributed by atoms with Gasteiger partial charge in [-0.2, -0.15) is 0 Å². The number of allylic oxidation sites excluding steroid dienone is 2. The Kier molecular flexibility index (Phi) is 5.24. The Morgan fingerprint density at radius 3 is 2.63 bits per heavy atom. The number of benzene rings is 1. The summed E-state index contributed by atoms with van der Waals surface area (Å²) >= 11 is 1.39. The third-order valence-electron chi connectivity index (χ3n) is 4.40. The van der Waals surface area contributed by atoms with E-state index in [4.69, 9.17) is 5.73 Å². The summed E-state index contributed by atoms with van der Waals surface area (Å²) in [6.07, 6.45) is 3.39. The van der Waals surface area contributed by atoms with E-state index in [9.17, 15) is 24.6 Å². The van der Waals surface area contributed by atoms with Crippen molar-refractivity contribution in [2.45, 2.75) is 24.4 Å². The predicted molar refractivity (Wildman–Crippen MR) is 99.5 cm³/mol. The normalized spacial score (nSPS) is 23.0. The van der Waals surface area contributed by atoms with E-state index < -0.39 is 35.2 Å². The number of amides is 2. The molecule has 3 rings (SSSR count). The Morgan fingerprint density at radius 1 is 1.37 bits per heavy atom. The van der Waals surface area contributed by atoms with Gasteiger partial charge in [-0.1, -0.05) is 24.3 Å². The molecular weight excluding hydrogens is 370 g/mol. The number of phenolic OH excluding ortho intramolecular Hbond substituents is 1. The molecule has 1 saturated heterocycles. The number of fused-ring (bicyclic) bond motifs is 1. The first-order chi connectivity index (χ1) is 12.8. The molecule has 0 bridgehead atoms. The Labute approximate surface area is 159 Å². The third kappa shape index (κ3) is 3.43. The van der Waals surface area contributed by atoms with Crippen molar-refractivity contribution in [1.29, 1.82) is 0 Å². The number of rotatable bonds is 5. The molecule has 0 aliphatic carbocycles. The molecule has 1 aromatic carbocycles. The molecule has 0 radical (unpaired) electrons. The molecule has 9 heteroatoms. The van der Waals surface area contributed by atoms with Crippen molar-refractivity contribution in [2.75, 3.05) is 5.75 Å². The van der Waals surface area contributed by atoms with Crippen LogP contribution in [0.4, 0.5) is 0 Å². The predicted octanol–water partition coefficient (Wildman–Crippen LogP) is 0.707. The highest BCUT2D eigenvalue weighted by Crippen LogP contribution is 2.40. The molecule has 27 heavy (non-hydrogen) atoms. The SMILES string of the molecule is C/C=C\C1=C(C(=O)O)N2C(=O)C(NC(=O)[C@H](N)c3ccc(O)cc3)C2SC1. The number of thioether (sulfide) groups is 1. The van der Waals surface area contributed by atoms with Crippen LogP contribution in [0.5, 0.6) is 5.75 Å². The lowest BCUT2D eigenvalue weighted by atomic mass is 10.0. The van der Waals surface area contributed by atoms with Crippen molar-refractivity contribution < 1.29 is 24.6 Å². The Bertz CT molecular complexity index is 849. The van der Waals surface area contributed by atoms with Crippen LogP contribution in [-0.4, -0.2) is 50.1 Å². The first kappa shape index (κ1) is 19.0. The molecule has 1 aromatic rings. The number of aliphatic carboxylic acids is 1. The van der Waals surface area contributed by atoms with Crippen molar-refractivity contribution in [3.63, 3.8) is 0 Å². The smallest absolute Gasteiger partial charge is 0.352 e. The van der Waals surface area contributed by atoms with Crippen LogP contribution >= 0.6 is 11.8 Å². The van der Waals surface area contributed by atoms with Crippen LogP contribution in [0.2, 0.25) is 0 Å². The van der Waals surface area contributed by atoms with Crippen molar-refractivity contribution >= 4 is 29.5 Å². The summed E-state index contributed by atoms with van der Waals surface area (Å²) in [5.41, 5.74) is 6.93. The van der Waals surface area contributed by atoms with Crippen LogP contribution in [0, 0.1) is 0 Å². The lowest BCUT2D eigenvalue weighted by molar-refractivity contribution is -0.150. The Morgan fingerprint density at radius 2 is 2.04 bits per heavy atom. The third-order valence-corrected chi connectivity index (χ3v) is 5.70. The van der Waals surface area contributed by atoms with Crippen LogP contribution in [0.25, 0.3) is 0 Å². The van der Waals surface area contributed by atoms with Gasteiger partial charge in [-0.25, -0.2) is 4.79 Å². The lowest BCUT2D eigenvalue weighted by Gasteiger charge is -2.49. The van der Waals surface area contributed by atoms with Gasteiger partial charge in [0.05, 0.1) is 0 Å². The van der Waals surface area contributed by atoms with E-state index in [0.29, 0.717) is 16.9 Å². The molecule has 0 saturated carbocycles. The molecule has 1 fully saturated rings. The van der Waals surface area contributed by atoms with Crippen LogP contribution in [-0.2, 0) is 14.4 Å². The van der Waals surface area contributed by atoms with Crippen molar-refractivity contribution in [3.8, 4) is 5.75 Å². The molecule has 2 unspecified atom stereocenters. The summed E-state index contributed by atoms with van der Waals surface area (Å²) in [5, 5.41) is 20.9. The number of β-lactam (4-membered cyclic amide) rings is 1. The number of nitrogens with one attached hydrogen (secondary N) is 1. The maximum Gasteiger partial charge on any atom is 0.352 e. The monoisotopic (exact) mass is 389 g/mol. The molecule has 8 nitrogen and oxygen atoms in total. The minimum absolute atomic E-state index is 0.0461. The highest BCUT2D eigenvalue weighted by atomic mass is 32.2. The van der Waals surface area contributed by atoms with Crippen LogP contribution in [0.1, 0.15) is 18.5 Å². The maximum atomic E-state index is 12.5. The zero-order valence-electron chi connectivity index (χ0n) is 14.5. The van der Waals surface area contributed by atoms with Crippen molar-refractivity contribution in [2.24, 2.45) is 5.73 Å². The van der Waals surface area contributed by atoms with Gasteiger partial charge in [0.15, 0.2) is 0 Å². The van der Waals surface area contributed by atoms with E-state index in [1.54, 1.807) is 19.1 Å². The van der Waals surface area contributed by atoms with E-state index in [-0.39, 0.29) is 11.4 Å². The lowest BCUT2D eigenvalue weighted by Crippen LogP contribution is -2.71. The molecule has 2 heterocycles. The van der Waals surface area contributed by atoms with Gasteiger partial charge in [0, 0.05) is 5.75 Å². The van der Waals surface area contributed by atoms with Gasteiger partial charge in [0.1, 0.15) is 28.9 Å². The van der Waals surface area contributed by atoms with Crippen molar-refractivity contribution in [1.82, 2.24) is 10.2 Å². The summed E-state index contributed by atoms with van der Waals surface area (Å²) in [6, 6.07) is 4.06. The summed E-state index contributed by atoms with van der Waals surface area (Å²) in [4.78, 5) is 37.7. The van der Waals surface area contributed by atoms with E-state index in [0.717, 1.165) is 0 Å². The van der Waals surface area contributed by atoms with Crippen molar-refractivity contribution in [3.05, 3.63) is 53.3 Å². The second-order valence-corrected chi connectivity index (χ2v) is 7.25. The number of carboxylic acid groups (broad SMARTS) is 1. The second kappa shape index (κ2) is 7.45. The van der Waals surface area contributed by atoms with Gasteiger partial charge in [-0.3, -0.25) is 14.5 Å². The number of hydrogen-bond donors (Lipinski definition) is 4. The molecule has 3 atom stereocenters. The van der Waals surface area contributed by atoms with Gasteiger partial charge in [-0.15, -0.1) is 11.8 Å². The van der Waals surface area contributed by atoms with E-state index >= 15 is 0 Å². The molecule has 0 aromatic heterocycles. The van der Waals surface area contributed by atoms with Gasteiger partial charge in [0.2, 0.25) is 5.91 Å². The van der Waals surface area contributed by atoms with Crippen LogP contribution in [0.3, 0.4) is 0 Å². The fraction of sp³-hybridized carbons (Fsp3) is 0.278. The van der Waals surface area contributed by atoms with Gasteiger partial charge < -0.3 is 21.3 Å². The van der Waals surface area contributed by atoms with Crippen LogP contribution in [0.15, 0.2) is 47.7 Å². The van der Waals surface area contributed by atoms with E-state index in [2.05, 4.69) is 5.32 Å². The molecule has 0 spiro atoms. The quantitative estimate of drug-likeness (QED) is 0.545. The highest BCUT2D eigenvalue weighted by molar-refractivity contribution is 8.00. The number of phenols is 1. The molecule has 5 N–H and O–H groups in total. The topological polar surface area (TPSA) is 133 Å². The average molecular weight is 389 g/mol. The Balaban J connectivity index is 1.74. The summed E-state index contributed by atoms with van der Waals surface area (Å²) in [5.74, 6) is -1.71. The minimum Gasteiger partial charge on any atom is -0.508 e. The number of nitrogens with two attached hydrogens (primary N) is 1. The van der Waals surface area contributed by atoms with E-state index in [1.165, 1.54) is 40.9 Å². The summed E-state index contributed by atoms with van der Waals surface area (Å²) in [6.45, 7) is 1.77. The summed E-state index contributed by atoms with van der Waals surface area (Å²) < 4.78 is 0. The zero-order valence-corrected chi connectivity index (χ0v) is 15.3. The molecular formula is C18H19N3O5S. The van der Waals surface area contributed by atoms with Gasteiger partial charge >= 0.3 is 5.97 Å². The maximum absolute atomic E-state index is 12.5. The minimum atomic E-state index is -1.17. The molecule has 2 aliphatic heterocycles.